The fourth-order valence-corrected chi connectivity index (χ4v) is 4.06. The average Bonchev–Trinajstić information content (AvgIpc) is 3.19. The zero-order chi connectivity index (χ0) is 19.0. The lowest BCUT2D eigenvalue weighted by molar-refractivity contribution is -0.122. The molecule has 1 aliphatic carbocycles. The Balaban J connectivity index is 1.27. The second-order valence-electron chi connectivity index (χ2n) is 6.94. The minimum Gasteiger partial charge on any atom is -0.353 e. The number of H-pyrrole nitrogens is 1. The molecule has 1 aromatic carbocycles. The molecule has 0 saturated carbocycles. The molecule has 2 aliphatic rings. The van der Waals surface area contributed by atoms with E-state index in [1.54, 1.807) is 18.2 Å². The van der Waals surface area contributed by atoms with E-state index in [2.05, 4.69) is 31.4 Å². The molecular formula is C19H19BrN4O3. The molecule has 0 radical (unpaired) electrons. The molecule has 8 heteroatoms. The van der Waals surface area contributed by atoms with Gasteiger partial charge in [0, 0.05) is 35.6 Å². The Hall–Kier alpha value is -2.48. The highest BCUT2D eigenvalue weighted by atomic mass is 79.9. The lowest BCUT2D eigenvalue weighted by Crippen LogP contribution is -2.39. The fraction of sp³-hybridized carbons (Fsp3) is 0.368. The van der Waals surface area contributed by atoms with Crippen LogP contribution in [0, 0.1) is 0 Å². The van der Waals surface area contributed by atoms with E-state index in [1.165, 1.54) is 10.5 Å². The highest BCUT2D eigenvalue weighted by molar-refractivity contribution is 9.10. The van der Waals surface area contributed by atoms with Gasteiger partial charge in [0.1, 0.15) is 0 Å². The third kappa shape index (κ3) is 3.53. The number of fused-ring (bicyclic) bond motifs is 2. The van der Waals surface area contributed by atoms with Crippen molar-refractivity contribution in [2.45, 2.75) is 38.1 Å². The summed E-state index contributed by atoms with van der Waals surface area (Å²) in [6.07, 6.45) is 5.12. The van der Waals surface area contributed by atoms with Crippen molar-refractivity contribution in [3.05, 3.63) is 51.3 Å². The van der Waals surface area contributed by atoms with E-state index < -0.39 is 0 Å². The number of imide groups is 1. The van der Waals surface area contributed by atoms with E-state index in [9.17, 15) is 14.4 Å². The second kappa shape index (κ2) is 7.26. The number of hydrogen-bond acceptors (Lipinski definition) is 4. The van der Waals surface area contributed by atoms with Crippen molar-refractivity contribution in [3.8, 4) is 0 Å². The molecule has 0 bridgehead atoms. The summed E-state index contributed by atoms with van der Waals surface area (Å²) in [6, 6.07) is 5.16. The van der Waals surface area contributed by atoms with Crippen molar-refractivity contribution in [2.24, 2.45) is 0 Å². The summed E-state index contributed by atoms with van der Waals surface area (Å²) in [7, 11) is 0. The molecule has 0 fully saturated rings. The van der Waals surface area contributed by atoms with Crippen LogP contribution < -0.4 is 5.32 Å². The van der Waals surface area contributed by atoms with Gasteiger partial charge in [-0.1, -0.05) is 15.9 Å². The highest BCUT2D eigenvalue weighted by Gasteiger charge is 2.35. The van der Waals surface area contributed by atoms with Gasteiger partial charge in [-0.25, -0.2) is 0 Å². The number of aromatic amines is 1. The van der Waals surface area contributed by atoms with Crippen LogP contribution in [0.2, 0.25) is 0 Å². The van der Waals surface area contributed by atoms with Gasteiger partial charge in [0.2, 0.25) is 5.91 Å². The zero-order valence-corrected chi connectivity index (χ0v) is 16.2. The summed E-state index contributed by atoms with van der Waals surface area (Å²) < 4.78 is 0.761. The molecule has 4 rings (SSSR count). The standard InChI is InChI=1S/C19H19BrN4O3/c20-12-4-6-14-15(8-12)19(27)24(18(14)26)7-1-2-17(25)22-13-5-3-11-10-21-23-16(11)9-13/h4,6,8,10,13H,1-3,5,7,9H2,(H,21,23)(H,22,25). The monoisotopic (exact) mass is 430 g/mol. The maximum Gasteiger partial charge on any atom is 0.261 e. The van der Waals surface area contributed by atoms with Crippen molar-refractivity contribution in [3.63, 3.8) is 0 Å². The van der Waals surface area contributed by atoms with E-state index in [-0.39, 0.29) is 36.7 Å². The maximum absolute atomic E-state index is 12.4. The minimum absolute atomic E-state index is 0.0534. The van der Waals surface area contributed by atoms with E-state index >= 15 is 0 Å². The Labute approximate surface area is 164 Å². The number of benzene rings is 1. The number of amides is 3. The molecule has 27 heavy (non-hydrogen) atoms. The van der Waals surface area contributed by atoms with Crippen LogP contribution in [0.15, 0.2) is 28.9 Å². The molecule has 140 valence electrons. The van der Waals surface area contributed by atoms with Crippen molar-refractivity contribution >= 4 is 33.7 Å². The van der Waals surface area contributed by atoms with E-state index in [4.69, 9.17) is 0 Å². The number of hydrogen-bond donors (Lipinski definition) is 2. The summed E-state index contributed by atoms with van der Waals surface area (Å²) in [5.41, 5.74) is 3.14. The van der Waals surface area contributed by atoms with Crippen LogP contribution in [0.3, 0.4) is 0 Å². The zero-order valence-electron chi connectivity index (χ0n) is 14.6. The smallest absolute Gasteiger partial charge is 0.261 e. The number of carbonyl (C=O) groups is 3. The predicted octanol–water partition coefficient (Wildman–Crippen LogP) is 2.22. The van der Waals surface area contributed by atoms with E-state index in [0.717, 1.165) is 29.4 Å². The van der Waals surface area contributed by atoms with Crippen LogP contribution in [0.25, 0.3) is 0 Å². The normalized spacial score (nSPS) is 18.4. The van der Waals surface area contributed by atoms with Crippen molar-refractivity contribution in [1.82, 2.24) is 20.4 Å². The summed E-state index contributed by atoms with van der Waals surface area (Å²) in [6.45, 7) is 0.243. The van der Waals surface area contributed by atoms with Gasteiger partial charge in [-0.05, 0) is 43.0 Å². The Kier molecular flexibility index (Phi) is 4.82. The Bertz CT molecular complexity index is 923. The van der Waals surface area contributed by atoms with Crippen molar-refractivity contribution < 1.29 is 14.4 Å². The largest absolute Gasteiger partial charge is 0.353 e. The summed E-state index contributed by atoms with van der Waals surface area (Å²) in [4.78, 5) is 38.3. The molecule has 2 heterocycles. The molecule has 0 saturated heterocycles. The number of halogens is 1. The first-order chi connectivity index (χ1) is 13.0. The van der Waals surface area contributed by atoms with Gasteiger partial charge in [-0.15, -0.1) is 0 Å². The summed E-state index contributed by atoms with van der Waals surface area (Å²) >= 11 is 3.32. The molecule has 2 N–H and O–H groups in total. The number of nitrogens with zero attached hydrogens (tertiary/aromatic N) is 2. The predicted molar refractivity (Wildman–Crippen MR) is 101 cm³/mol. The number of carbonyl (C=O) groups excluding carboxylic acids is 3. The molecular weight excluding hydrogens is 412 g/mol. The molecule has 3 amide bonds. The highest BCUT2D eigenvalue weighted by Crippen LogP contribution is 2.26. The number of aryl methyl sites for hydroxylation is 1. The average molecular weight is 431 g/mol. The molecule has 2 aromatic rings. The van der Waals surface area contributed by atoms with Gasteiger partial charge in [-0.2, -0.15) is 5.10 Å². The lowest BCUT2D eigenvalue weighted by Gasteiger charge is -2.23. The van der Waals surface area contributed by atoms with Gasteiger partial charge < -0.3 is 5.32 Å². The number of rotatable bonds is 5. The Morgan fingerprint density at radius 1 is 1.30 bits per heavy atom. The van der Waals surface area contributed by atoms with Gasteiger partial charge in [0.15, 0.2) is 0 Å². The topological polar surface area (TPSA) is 95.2 Å². The van der Waals surface area contributed by atoms with Crippen LogP contribution >= 0.6 is 15.9 Å². The first-order valence-corrected chi connectivity index (χ1v) is 9.78. The van der Waals surface area contributed by atoms with Crippen molar-refractivity contribution in [1.29, 1.82) is 0 Å². The van der Waals surface area contributed by atoms with Crippen LogP contribution in [-0.2, 0) is 17.6 Å². The molecule has 1 unspecified atom stereocenters. The van der Waals surface area contributed by atoms with Gasteiger partial charge in [-0.3, -0.25) is 24.4 Å². The van der Waals surface area contributed by atoms with Crippen molar-refractivity contribution in [2.75, 3.05) is 6.54 Å². The van der Waals surface area contributed by atoms with Crippen LogP contribution in [0.1, 0.15) is 51.2 Å². The quantitative estimate of drug-likeness (QED) is 0.710. The SMILES string of the molecule is O=C(CCCN1C(=O)c2ccc(Br)cc2C1=O)NC1CCc2cn[nH]c2C1. The van der Waals surface area contributed by atoms with Gasteiger partial charge in [0.05, 0.1) is 17.3 Å². The van der Waals surface area contributed by atoms with Gasteiger partial charge in [0.25, 0.3) is 11.8 Å². The maximum atomic E-state index is 12.4. The Morgan fingerprint density at radius 3 is 2.96 bits per heavy atom. The van der Waals surface area contributed by atoms with E-state index in [1.807, 2.05) is 6.20 Å². The molecule has 0 spiro atoms. The third-order valence-electron chi connectivity index (χ3n) is 5.10. The number of nitrogens with one attached hydrogen (secondary N) is 2. The van der Waals surface area contributed by atoms with Crippen LogP contribution in [-0.4, -0.2) is 45.4 Å². The summed E-state index contributed by atoms with van der Waals surface area (Å²) in [5, 5.41) is 10.1. The molecule has 1 aromatic heterocycles. The molecule has 1 atom stereocenters. The fourth-order valence-electron chi connectivity index (χ4n) is 3.69. The van der Waals surface area contributed by atoms with E-state index in [0.29, 0.717) is 17.5 Å². The first kappa shape index (κ1) is 17.9. The molecule has 7 nitrogen and oxygen atoms in total. The lowest BCUT2D eigenvalue weighted by atomic mass is 9.93. The van der Waals surface area contributed by atoms with Crippen LogP contribution in [0.4, 0.5) is 0 Å². The Morgan fingerprint density at radius 2 is 2.11 bits per heavy atom. The third-order valence-corrected chi connectivity index (χ3v) is 5.60. The van der Waals surface area contributed by atoms with Gasteiger partial charge >= 0.3 is 0 Å². The summed E-state index contributed by atoms with van der Waals surface area (Å²) in [5.74, 6) is -0.639. The molecule has 1 aliphatic heterocycles. The first-order valence-electron chi connectivity index (χ1n) is 8.99. The second-order valence-corrected chi connectivity index (χ2v) is 7.85. The number of aromatic nitrogens is 2. The van der Waals surface area contributed by atoms with Crippen LogP contribution in [0.5, 0.6) is 0 Å². The minimum atomic E-state index is -0.296.